The molecule has 0 fully saturated rings. The highest BCUT2D eigenvalue weighted by molar-refractivity contribution is 6.32. The van der Waals surface area contributed by atoms with Gasteiger partial charge in [0.2, 0.25) is 11.7 Å². The molecule has 0 radical (unpaired) electrons. The molecule has 9 nitrogen and oxygen atoms in total. The third-order valence-electron chi connectivity index (χ3n) is 5.24. The van der Waals surface area contributed by atoms with Crippen LogP contribution in [0.5, 0.6) is 0 Å². The summed E-state index contributed by atoms with van der Waals surface area (Å²) in [5.74, 6) is -1.20. The number of nitrogens with zero attached hydrogens (tertiary/aromatic N) is 5. The largest absolute Gasteiger partial charge is 0.431 e. The summed E-state index contributed by atoms with van der Waals surface area (Å²) in [4.78, 5) is 26.4. The van der Waals surface area contributed by atoms with E-state index in [9.17, 15) is 14.3 Å². The van der Waals surface area contributed by atoms with Gasteiger partial charge in [-0.15, -0.1) is 0 Å². The summed E-state index contributed by atoms with van der Waals surface area (Å²) < 4.78 is 21.2. The Kier molecular flexibility index (Phi) is 4.38. The van der Waals surface area contributed by atoms with E-state index in [0.29, 0.717) is 24.4 Å². The van der Waals surface area contributed by atoms with Gasteiger partial charge in [0.1, 0.15) is 23.0 Å². The Morgan fingerprint density at radius 1 is 1.45 bits per heavy atom. The van der Waals surface area contributed by atoms with Gasteiger partial charge in [-0.05, 0) is 32.0 Å². The van der Waals surface area contributed by atoms with Crippen LogP contribution in [-0.4, -0.2) is 47.0 Å². The summed E-state index contributed by atoms with van der Waals surface area (Å²) in [5, 5.41) is 14.5. The Bertz CT molecular complexity index is 1300. The lowest BCUT2D eigenvalue weighted by Crippen LogP contribution is -2.41. The van der Waals surface area contributed by atoms with Crippen molar-refractivity contribution in [3.05, 3.63) is 70.4 Å². The molecule has 31 heavy (non-hydrogen) atoms. The van der Waals surface area contributed by atoms with Crippen molar-refractivity contribution in [3.63, 3.8) is 0 Å². The van der Waals surface area contributed by atoms with Crippen LogP contribution in [0.15, 0.2) is 35.1 Å². The Morgan fingerprint density at radius 2 is 2.26 bits per heavy atom. The molecule has 1 aliphatic heterocycles. The smallest absolute Gasteiger partial charge is 0.293 e. The van der Waals surface area contributed by atoms with Gasteiger partial charge >= 0.3 is 0 Å². The zero-order valence-corrected chi connectivity index (χ0v) is 17.4. The number of carbonyl (C=O) groups is 1. The van der Waals surface area contributed by atoms with Crippen LogP contribution in [0.4, 0.5) is 4.39 Å². The minimum Gasteiger partial charge on any atom is -0.431 e. The van der Waals surface area contributed by atoms with Gasteiger partial charge in [0, 0.05) is 24.9 Å². The molecule has 0 saturated heterocycles. The van der Waals surface area contributed by atoms with Crippen molar-refractivity contribution in [2.24, 2.45) is 0 Å². The number of oxazole rings is 1. The number of carbonyl (C=O) groups excluding carboxylic acids is 1. The second-order valence-electron chi connectivity index (χ2n) is 7.87. The summed E-state index contributed by atoms with van der Waals surface area (Å²) in [6, 6.07) is 3.80. The maximum Gasteiger partial charge on any atom is 0.293 e. The molecule has 0 bridgehead atoms. The number of halogens is 2. The predicted octanol–water partition coefficient (Wildman–Crippen LogP) is 2.85. The Hall–Kier alpha value is -3.24. The molecule has 4 aromatic rings. The van der Waals surface area contributed by atoms with Crippen LogP contribution >= 0.6 is 11.6 Å². The molecule has 0 aliphatic carbocycles. The van der Waals surface area contributed by atoms with E-state index in [1.807, 2.05) is 0 Å². The molecule has 5 rings (SSSR count). The molecule has 5 heterocycles. The first kappa shape index (κ1) is 19.7. The maximum absolute atomic E-state index is 14.3. The highest BCUT2D eigenvalue weighted by Gasteiger charge is 2.39. The molecule has 1 atom stereocenters. The molecule has 2 N–H and O–H groups in total. The van der Waals surface area contributed by atoms with Gasteiger partial charge < -0.3 is 19.4 Å². The third-order valence-corrected chi connectivity index (χ3v) is 5.49. The second kappa shape index (κ2) is 6.89. The normalized spacial score (nSPS) is 16.7. The van der Waals surface area contributed by atoms with Gasteiger partial charge in [-0.1, -0.05) is 11.6 Å². The Balaban J connectivity index is 1.61. The number of rotatable bonds is 3. The fourth-order valence-corrected chi connectivity index (χ4v) is 3.95. The molecule has 11 heteroatoms. The Morgan fingerprint density at radius 3 is 2.97 bits per heavy atom. The van der Waals surface area contributed by atoms with E-state index in [4.69, 9.17) is 16.0 Å². The van der Waals surface area contributed by atoms with Crippen LogP contribution in [0.1, 0.15) is 53.4 Å². The van der Waals surface area contributed by atoms with Gasteiger partial charge in [-0.3, -0.25) is 4.79 Å². The quantitative estimate of drug-likeness (QED) is 0.502. The first-order chi connectivity index (χ1) is 14.7. The minimum atomic E-state index is -1.40. The molecule has 4 aromatic heterocycles. The first-order valence-electron chi connectivity index (χ1n) is 9.60. The number of aromatic amines is 1. The van der Waals surface area contributed by atoms with Crippen molar-refractivity contribution in [1.82, 2.24) is 29.5 Å². The summed E-state index contributed by atoms with van der Waals surface area (Å²) in [6.07, 6.45) is 3.71. The number of hydrogen-bond acceptors (Lipinski definition) is 6. The first-order valence-corrected chi connectivity index (χ1v) is 9.98. The molecular formula is C20H18ClFN6O3. The number of hydrogen-bond donors (Lipinski definition) is 2. The van der Waals surface area contributed by atoms with Gasteiger partial charge in [-0.2, -0.15) is 10.1 Å². The number of aromatic nitrogens is 5. The zero-order valence-electron chi connectivity index (χ0n) is 16.6. The van der Waals surface area contributed by atoms with Gasteiger partial charge in [-0.25, -0.2) is 13.9 Å². The van der Waals surface area contributed by atoms with Crippen molar-refractivity contribution in [1.29, 1.82) is 0 Å². The number of pyridine rings is 1. The number of amides is 1. The number of nitrogens with one attached hydrogen (secondary N) is 1. The van der Waals surface area contributed by atoms with E-state index in [1.54, 1.807) is 24.7 Å². The van der Waals surface area contributed by atoms with E-state index in [1.165, 1.54) is 29.3 Å². The fraction of sp³-hybridized carbons (Fsp3) is 0.300. The monoisotopic (exact) mass is 444 g/mol. The number of aliphatic hydroxyl groups is 1. The maximum atomic E-state index is 14.3. The summed E-state index contributed by atoms with van der Waals surface area (Å²) in [6.45, 7) is 3.28. The topological polar surface area (TPSA) is 113 Å². The van der Waals surface area contributed by atoms with Gasteiger partial charge in [0.05, 0.1) is 17.7 Å². The van der Waals surface area contributed by atoms with E-state index < -0.39 is 23.4 Å². The number of H-pyrrole nitrogens is 1. The molecule has 0 aromatic carbocycles. The molecule has 0 unspecified atom stereocenters. The van der Waals surface area contributed by atoms with Gasteiger partial charge in [0.15, 0.2) is 5.15 Å². The second-order valence-corrected chi connectivity index (χ2v) is 8.23. The van der Waals surface area contributed by atoms with E-state index in [0.717, 1.165) is 5.69 Å². The van der Waals surface area contributed by atoms with E-state index >= 15 is 0 Å². The van der Waals surface area contributed by atoms with Crippen molar-refractivity contribution in [2.45, 2.75) is 31.9 Å². The average Bonchev–Trinajstić information content (AvgIpc) is 3.44. The third kappa shape index (κ3) is 3.19. The van der Waals surface area contributed by atoms with Crippen LogP contribution in [-0.2, 0) is 12.0 Å². The minimum absolute atomic E-state index is 0.0651. The van der Waals surface area contributed by atoms with Crippen LogP contribution in [0.3, 0.4) is 0 Å². The number of fused-ring (bicyclic) bond motifs is 2. The highest BCUT2D eigenvalue weighted by atomic mass is 35.5. The lowest BCUT2D eigenvalue weighted by Gasteiger charge is -2.33. The van der Waals surface area contributed by atoms with Crippen molar-refractivity contribution in [2.75, 3.05) is 6.54 Å². The Labute approximate surface area is 180 Å². The lowest BCUT2D eigenvalue weighted by atomic mass is 9.99. The predicted molar refractivity (Wildman–Crippen MR) is 107 cm³/mol. The molecular weight excluding hydrogens is 427 g/mol. The van der Waals surface area contributed by atoms with E-state index in [2.05, 4.69) is 20.1 Å². The molecule has 160 valence electrons. The molecule has 1 aliphatic rings. The molecule has 0 saturated carbocycles. The van der Waals surface area contributed by atoms with Crippen molar-refractivity contribution >= 4 is 23.0 Å². The summed E-state index contributed by atoms with van der Waals surface area (Å²) >= 11 is 6.17. The zero-order chi connectivity index (χ0) is 21.9. The summed E-state index contributed by atoms with van der Waals surface area (Å²) in [5.41, 5.74) is 0.812. The average molecular weight is 445 g/mol. The van der Waals surface area contributed by atoms with Gasteiger partial charge in [0.25, 0.3) is 5.91 Å². The lowest BCUT2D eigenvalue weighted by molar-refractivity contribution is 0.0440. The standard InChI is InChI=1S/C20H18ClFN6O3/c1-20(2,30)19-25-17(21)16(31-19)18(29)27-7-5-11-14(24-9-23-11)15(27)12-8-13-10(22)4-3-6-28(13)26-12/h3-4,6,8-9,15,30H,5,7H2,1-2H3,(H,23,24)/t15-/m0/s1. The molecule has 0 spiro atoms. The summed E-state index contributed by atoms with van der Waals surface area (Å²) in [7, 11) is 0. The van der Waals surface area contributed by atoms with Crippen LogP contribution < -0.4 is 0 Å². The van der Waals surface area contributed by atoms with Crippen LogP contribution in [0.2, 0.25) is 5.15 Å². The van der Waals surface area contributed by atoms with Crippen molar-refractivity contribution in [3.8, 4) is 0 Å². The number of imidazole rings is 1. The van der Waals surface area contributed by atoms with E-state index in [-0.39, 0.29) is 22.3 Å². The van der Waals surface area contributed by atoms with Crippen LogP contribution in [0, 0.1) is 5.82 Å². The van der Waals surface area contributed by atoms with Crippen LogP contribution in [0.25, 0.3) is 5.52 Å². The SMILES string of the molecule is CC(C)(O)c1nc(Cl)c(C(=O)N2CCc3[nH]cnc3[C@@H]2c2cc3c(F)cccn3n2)o1. The fourth-order valence-electron chi connectivity index (χ4n) is 3.75. The molecule has 1 amide bonds. The van der Waals surface area contributed by atoms with Crippen molar-refractivity contribution < 1.29 is 18.7 Å². The highest BCUT2D eigenvalue weighted by Crippen LogP contribution is 2.36.